The molecule has 116 valence electrons. The van der Waals surface area contributed by atoms with Gasteiger partial charge in [0.25, 0.3) is 5.91 Å². The Morgan fingerprint density at radius 1 is 1.41 bits per heavy atom. The van der Waals surface area contributed by atoms with Crippen LogP contribution in [-0.4, -0.2) is 41.1 Å². The third-order valence-electron chi connectivity index (χ3n) is 3.64. The molecule has 2 rings (SSSR count). The molecular formula is C15H17N3O4. The van der Waals surface area contributed by atoms with Crippen molar-refractivity contribution in [3.63, 3.8) is 0 Å². The molecule has 0 spiro atoms. The maximum absolute atomic E-state index is 12.3. The highest BCUT2D eigenvalue weighted by Crippen LogP contribution is 2.28. The number of amides is 4. The minimum atomic E-state index is -0.706. The number of carbonyl (C=O) groups excluding carboxylic acids is 4. The zero-order chi connectivity index (χ0) is 16.4. The molecule has 0 aromatic heterocycles. The minimum absolute atomic E-state index is 0.144. The predicted molar refractivity (Wildman–Crippen MR) is 78.1 cm³/mol. The normalized spacial score (nSPS) is 24.2. The summed E-state index contributed by atoms with van der Waals surface area (Å²) < 4.78 is 0. The van der Waals surface area contributed by atoms with Crippen LogP contribution in [-0.2, 0) is 19.2 Å². The Balaban J connectivity index is 2.28. The van der Waals surface area contributed by atoms with Crippen LogP contribution >= 0.6 is 0 Å². The van der Waals surface area contributed by atoms with Gasteiger partial charge in [-0.1, -0.05) is 13.2 Å². The summed E-state index contributed by atoms with van der Waals surface area (Å²) in [6.07, 6.45) is 1.90. The standard InChI is InChI=1S/C15H17N3O4/c1-4-11(16-9(3)19)10-7-18(15(22)8(10)2)12-5-6-13(20)17-14(12)21/h4,12H,1-2,5-7H2,3H3,(H,16,19)(H,17,20,21)/b11-10+. The molecule has 0 aromatic carbocycles. The zero-order valence-electron chi connectivity index (χ0n) is 12.3. The molecule has 2 fully saturated rings. The largest absolute Gasteiger partial charge is 0.326 e. The van der Waals surface area contributed by atoms with Gasteiger partial charge in [-0.2, -0.15) is 0 Å². The van der Waals surface area contributed by atoms with E-state index in [-0.39, 0.29) is 42.7 Å². The summed E-state index contributed by atoms with van der Waals surface area (Å²) in [6.45, 7) is 8.84. The van der Waals surface area contributed by atoms with Gasteiger partial charge in [-0.25, -0.2) is 0 Å². The van der Waals surface area contributed by atoms with Crippen molar-refractivity contribution in [2.75, 3.05) is 6.54 Å². The van der Waals surface area contributed by atoms with Gasteiger partial charge in [0.2, 0.25) is 17.7 Å². The predicted octanol–water partition coefficient (Wildman–Crippen LogP) is -0.234. The smallest absolute Gasteiger partial charge is 0.254 e. The second-order valence-electron chi connectivity index (χ2n) is 5.16. The van der Waals surface area contributed by atoms with Crippen LogP contribution in [0.2, 0.25) is 0 Å². The van der Waals surface area contributed by atoms with E-state index < -0.39 is 11.9 Å². The van der Waals surface area contributed by atoms with E-state index in [0.717, 1.165) is 0 Å². The minimum Gasteiger partial charge on any atom is -0.326 e. The van der Waals surface area contributed by atoms with E-state index in [9.17, 15) is 19.2 Å². The van der Waals surface area contributed by atoms with Gasteiger partial charge in [0, 0.05) is 36.7 Å². The summed E-state index contributed by atoms with van der Waals surface area (Å²) in [7, 11) is 0. The van der Waals surface area contributed by atoms with E-state index in [1.807, 2.05) is 0 Å². The fourth-order valence-corrected chi connectivity index (χ4v) is 2.56. The second-order valence-corrected chi connectivity index (χ2v) is 5.16. The number of hydrogen-bond donors (Lipinski definition) is 2. The molecule has 7 heteroatoms. The fraction of sp³-hybridized carbons (Fsp3) is 0.333. The first-order valence-electron chi connectivity index (χ1n) is 6.82. The summed E-state index contributed by atoms with van der Waals surface area (Å²) in [4.78, 5) is 48.0. The number of piperidine rings is 1. The van der Waals surface area contributed by atoms with E-state index >= 15 is 0 Å². The summed E-state index contributed by atoms with van der Waals surface area (Å²) in [5, 5.41) is 4.82. The van der Waals surface area contributed by atoms with Crippen molar-refractivity contribution in [2.24, 2.45) is 0 Å². The molecule has 4 amide bonds. The Bertz CT molecular complexity index is 633. The number of rotatable bonds is 3. The van der Waals surface area contributed by atoms with Crippen LogP contribution in [0.5, 0.6) is 0 Å². The maximum Gasteiger partial charge on any atom is 0.254 e. The average Bonchev–Trinajstić information content (AvgIpc) is 2.73. The molecule has 2 aliphatic heterocycles. The first-order valence-corrected chi connectivity index (χ1v) is 6.82. The van der Waals surface area contributed by atoms with Crippen molar-refractivity contribution in [1.82, 2.24) is 15.5 Å². The van der Waals surface area contributed by atoms with Gasteiger partial charge < -0.3 is 10.2 Å². The Morgan fingerprint density at radius 3 is 2.64 bits per heavy atom. The number of nitrogens with zero attached hydrogens (tertiary/aromatic N) is 1. The van der Waals surface area contributed by atoms with Crippen LogP contribution in [0.3, 0.4) is 0 Å². The van der Waals surface area contributed by atoms with E-state index in [4.69, 9.17) is 0 Å². The van der Waals surface area contributed by atoms with Crippen molar-refractivity contribution < 1.29 is 19.2 Å². The highest BCUT2D eigenvalue weighted by molar-refractivity contribution is 6.06. The summed E-state index contributed by atoms with van der Waals surface area (Å²) in [5.74, 6) is -1.50. The Kier molecular flexibility index (Phi) is 4.25. The lowest BCUT2D eigenvalue weighted by Crippen LogP contribution is -2.52. The zero-order valence-corrected chi connectivity index (χ0v) is 12.3. The molecule has 7 nitrogen and oxygen atoms in total. The molecule has 0 aromatic rings. The van der Waals surface area contributed by atoms with Crippen LogP contribution < -0.4 is 10.6 Å². The van der Waals surface area contributed by atoms with Crippen molar-refractivity contribution in [3.05, 3.63) is 36.1 Å². The first kappa shape index (κ1) is 15.7. The molecular weight excluding hydrogens is 286 g/mol. The molecule has 2 N–H and O–H groups in total. The molecule has 0 bridgehead atoms. The number of allylic oxidation sites excluding steroid dienone is 1. The van der Waals surface area contributed by atoms with Crippen LogP contribution in [0.1, 0.15) is 19.8 Å². The van der Waals surface area contributed by atoms with Crippen molar-refractivity contribution in [2.45, 2.75) is 25.8 Å². The monoisotopic (exact) mass is 303 g/mol. The van der Waals surface area contributed by atoms with E-state index in [1.54, 1.807) is 0 Å². The number of imide groups is 1. The third-order valence-corrected chi connectivity index (χ3v) is 3.64. The Hall–Kier alpha value is -2.70. The van der Waals surface area contributed by atoms with Crippen molar-refractivity contribution in [1.29, 1.82) is 0 Å². The summed E-state index contributed by atoms with van der Waals surface area (Å²) in [6, 6.07) is -0.706. The van der Waals surface area contributed by atoms with Crippen molar-refractivity contribution in [3.8, 4) is 0 Å². The van der Waals surface area contributed by atoms with Gasteiger partial charge in [-0.15, -0.1) is 0 Å². The molecule has 1 atom stereocenters. The summed E-state index contributed by atoms with van der Waals surface area (Å²) >= 11 is 0. The second kappa shape index (κ2) is 5.97. The van der Waals surface area contributed by atoms with E-state index in [1.165, 1.54) is 17.9 Å². The summed E-state index contributed by atoms with van der Waals surface area (Å²) in [5.41, 5.74) is 1.15. The topological polar surface area (TPSA) is 95.6 Å². The molecule has 2 heterocycles. The Labute approximate surface area is 127 Å². The van der Waals surface area contributed by atoms with Crippen molar-refractivity contribution >= 4 is 23.6 Å². The molecule has 22 heavy (non-hydrogen) atoms. The lowest BCUT2D eigenvalue weighted by atomic mass is 10.0. The fourth-order valence-electron chi connectivity index (χ4n) is 2.56. The highest BCUT2D eigenvalue weighted by atomic mass is 16.2. The quantitative estimate of drug-likeness (QED) is 0.556. The molecule has 2 saturated heterocycles. The van der Waals surface area contributed by atoms with Crippen LogP contribution in [0.15, 0.2) is 36.1 Å². The lowest BCUT2D eigenvalue weighted by molar-refractivity contribution is -0.142. The van der Waals surface area contributed by atoms with E-state index in [0.29, 0.717) is 11.3 Å². The number of carbonyl (C=O) groups is 4. The molecule has 2 aliphatic rings. The van der Waals surface area contributed by atoms with Gasteiger partial charge >= 0.3 is 0 Å². The third kappa shape index (κ3) is 2.83. The number of nitrogens with one attached hydrogen (secondary N) is 2. The number of likely N-dealkylation sites (tertiary alicyclic amines) is 1. The maximum atomic E-state index is 12.3. The first-order chi connectivity index (χ1) is 10.3. The van der Waals surface area contributed by atoms with Crippen LogP contribution in [0, 0.1) is 0 Å². The van der Waals surface area contributed by atoms with E-state index in [2.05, 4.69) is 23.8 Å². The van der Waals surface area contributed by atoms with Gasteiger partial charge in [-0.3, -0.25) is 24.5 Å². The molecule has 0 aliphatic carbocycles. The van der Waals surface area contributed by atoms with Gasteiger partial charge in [-0.05, 0) is 12.5 Å². The highest BCUT2D eigenvalue weighted by Gasteiger charge is 2.40. The van der Waals surface area contributed by atoms with Crippen LogP contribution in [0.4, 0.5) is 0 Å². The Morgan fingerprint density at radius 2 is 2.09 bits per heavy atom. The van der Waals surface area contributed by atoms with Gasteiger partial charge in [0.05, 0.1) is 0 Å². The molecule has 0 radical (unpaired) electrons. The SMILES string of the molecule is C=C/C(NC(C)=O)=C1/CN(C2CCC(=O)NC2=O)C(=O)C1=C. The molecule has 0 saturated carbocycles. The molecule has 1 unspecified atom stereocenters. The average molecular weight is 303 g/mol. The number of hydrogen-bond acceptors (Lipinski definition) is 4. The van der Waals surface area contributed by atoms with Crippen LogP contribution in [0.25, 0.3) is 0 Å². The van der Waals surface area contributed by atoms with Gasteiger partial charge in [0.15, 0.2) is 0 Å². The lowest BCUT2D eigenvalue weighted by Gasteiger charge is -2.29. The van der Waals surface area contributed by atoms with Gasteiger partial charge in [0.1, 0.15) is 6.04 Å².